The maximum atomic E-state index is 13.1. The molecule has 2 aromatic rings. The number of amides is 1. The minimum atomic E-state index is -3.43. The van der Waals surface area contributed by atoms with Gasteiger partial charge in [-0.25, -0.2) is 13.4 Å². The number of allylic oxidation sites excluding steroid dienone is 1. The Kier molecular flexibility index (Phi) is 7.26. The van der Waals surface area contributed by atoms with Crippen LogP contribution in [-0.4, -0.2) is 30.5 Å². The van der Waals surface area contributed by atoms with E-state index in [4.69, 9.17) is 11.6 Å². The van der Waals surface area contributed by atoms with Crippen molar-refractivity contribution in [3.05, 3.63) is 59.5 Å². The van der Waals surface area contributed by atoms with E-state index in [1.54, 1.807) is 24.4 Å². The van der Waals surface area contributed by atoms with Crippen LogP contribution in [0.3, 0.4) is 0 Å². The van der Waals surface area contributed by atoms with E-state index in [0.717, 1.165) is 24.8 Å². The van der Waals surface area contributed by atoms with Gasteiger partial charge in [0.1, 0.15) is 0 Å². The molecule has 3 rings (SSSR count). The summed E-state index contributed by atoms with van der Waals surface area (Å²) in [6.07, 6.45) is 11.8. The summed E-state index contributed by atoms with van der Waals surface area (Å²) in [4.78, 5) is 21.7. The van der Waals surface area contributed by atoms with Crippen LogP contribution in [0.2, 0.25) is 5.02 Å². The van der Waals surface area contributed by atoms with Crippen molar-refractivity contribution in [1.82, 2.24) is 9.97 Å². The van der Waals surface area contributed by atoms with Gasteiger partial charge in [-0.05, 0) is 30.0 Å². The summed E-state index contributed by atoms with van der Waals surface area (Å²) >= 11 is 6.25. The Morgan fingerprint density at radius 2 is 2.03 bits per heavy atom. The first-order chi connectivity index (χ1) is 14.3. The number of carbonyl (C=O) groups excluding carboxylic acids is 1. The van der Waals surface area contributed by atoms with Crippen molar-refractivity contribution in [1.29, 1.82) is 0 Å². The number of hydrogen-bond acceptors (Lipinski definition) is 5. The molecule has 0 unspecified atom stereocenters. The summed E-state index contributed by atoms with van der Waals surface area (Å²) in [5.41, 5.74) is 1.47. The fourth-order valence-electron chi connectivity index (χ4n) is 3.89. The molecule has 1 amide bonds. The van der Waals surface area contributed by atoms with E-state index >= 15 is 0 Å². The lowest BCUT2D eigenvalue weighted by molar-refractivity contribution is -0.118. The van der Waals surface area contributed by atoms with Crippen molar-refractivity contribution in [2.75, 3.05) is 11.6 Å². The van der Waals surface area contributed by atoms with Crippen LogP contribution in [0.1, 0.15) is 49.3 Å². The molecule has 160 valence electrons. The molecule has 1 atom stereocenters. The fraction of sp³-hybridized carbons (Fsp3) is 0.409. The standard InChI is InChI=1S/C22H26ClN3O3S/c1-3-6-17-13-25-21(14-24-17)26-22(27)18(11-15-7-4-5-8-15)16-9-10-20(19(23)12-16)30(2,28)29/h3,9-10,12-15,18H,1,4-8,11H2,2H3,(H,25,26,27)/t18-/m1/s1. The molecule has 0 saturated heterocycles. The molecule has 0 radical (unpaired) electrons. The van der Waals surface area contributed by atoms with Gasteiger partial charge in [0.25, 0.3) is 0 Å². The van der Waals surface area contributed by atoms with Gasteiger partial charge in [-0.2, -0.15) is 0 Å². The number of carbonyl (C=O) groups is 1. The maximum Gasteiger partial charge on any atom is 0.233 e. The lowest BCUT2D eigenvalue weighted by Crippen LogP contribution is -2.24. The third kappa shape index (κ3) is 5.67. The highest BCUT2D eigenvalue weighted by Crippen LogP contribution is 2.36. The van der Waals surface area contributed by atoms with Crippen LogP contribution in [-0.2, 0) is 21.1 Å². The number of halogens is 1. The molecule has 30 heavy (non-hydrogen) atoms. The Morgan fingerprint density at radius 1 is 1.30 bits per heavy atom. The first-order valence-corrected chi connectivity index (χ1v) is 12.3. The van der Waals surface area contributed by atoms with Crippen molar-refractivity contribution >= 4 is 33.2 Å². The topological polar surface area (TPSA) is 89.0 Å². The molecule has 8 heteroatoms. The summed E-state index contributed by atoms with van der Waals surface area (Å²) < 4.78 is 23.8. The highest BCUT2D eigenvalue weighted by molar-refractivity contribution is 7.90. The molecule has 0 aliphatic heterocycles. The van der Waals surface area contributed by atoms with E-state index in [0.29, 0.717) is 30.1 Å². The average Bonchev–Trinajstić information content (AvgIpc) is 3.20. The van der Waals surface area contributed by atoms with Gasteiger partial charge in [0.15, 0.2) is 15.7 Å². The average molecular weight is 448 g/mol. The second kappa shape index (κ2) is 9.71. The molecule has 1 heterocycles. The first kappa shape index (κ1) is 22.4. The number of benzene rings is 1. The highest BCUT2D eigenvalue weighted by Gasteiger charge is 2.28. The van der Waals surface area contributed by atoms with Crippen LogP contribution in [0.25, 0.3) is 0 Å². The Morgan fingerprint density at radius 3 is 2.60 bits per heavy atom. The quantitative estimate of drug-likeness (QED) is 0.599. The van der Waals surface area contributed by atoms with Gasteiger partial charge >= 0.3 is 0 Å². The van der Waals surface area contributed by atoms with Gasteiger partial charge in [-0.15, -0.1) is 6.58 Å². The smallest absolute Gasteiger partial charge is 0.233 e. The van der Waals surface area contributed by atoms with Crippen LogP contribution in [0, 0.1) is 5.92 Å². The Balaban J connectivity index is 1.85. The van der Waals surface area contributed by atoms with Crippen LogP contribution in [0.5, 0.6) is 0 Å². The number of aromatic nitrogens is 2. The van der Waals surface area contributed by atoms with Gasteiger partial charge in [0.2, 0.25) is 5.91 Å². The molecular weight excluding hydrogens is 422 g/mol. The van der Waals surface area contributed by atoms with Crippen molar-refractivity contribution in [2.45, 2.75) is 49.3 Å². The Bertz CT molecular complexity index is 1020. The van der Waals surface area contributed by atoms with E-state index in [-0.39, 0.29) is 15.8 Å². The highest BCUT2D eigenvalue weighted by atomic mass is 35.5. The lowest BCUT2D eigenvalue weighted by atomic mass is 9.87. The van der Waals surface area contributed by atoms with E-state index in [1.807, 2.05) is 0 Å². The number of hydrogen-bond donors (Lipinski definition) is 1. The number of sulfone groups is 1. The zero-order valence-electron chi connectivity index (χ0n) is 17.0. The molecule has 1 fully saturated rings. The summed E-state index contributed by atoms with van der Waals surface area (Å²) in [5, 5.41) is 2.98. The summed E-state index contributed by atoms with van der Waals surface area (Å²) in [6, 6.07) is 4.75. The third-order valence-electron chi connectivity index (χ3n) is 5.43. The molecule has 1 saturated carbocycles. The normalized spacial score (nSPS) is 15.7. The minimum absolute atomic E-state index is 0.0663. The predicted molar refractivity (Wildman–Crippen MR) is 118 cm³/mol. The van der Waals surface area contributed by atoms with Crippen molar-refractivity contribution in [3.8, 4) is 0 Å². The fourth-order valence-corrected chi connectivity index (χ4v) is 5.23. The molecule has 0 spiro atoms. The molecule has 1 aromatic carbocycles. The predicted octanol–water partition coefficient (Wildman–Crippen LogP) is 4.56. The third-order valence-corrected chi connectivity index (χ3v) is 7.01. The molecule has 6 nitrogen and oxygen atoms in total. The number of anilines is 1. The van der Waals surface area contributed by atoms with Crippen molar-refractivity contribution in [3.63, 3.8) is 0 Å². The van der Waals surface area contributed by atoms with E-state index in [9.17, 15) is 13.2 Å². The number of rotatable bonds is 8. The Labute approximate surface area is 182 Å². The molecule has 1 aliphatic carbocycles. The summed E-state index contributed by atoms with van der Waals surface area (Å²) in [6.45, 7) is 3.67. The Hall–Kier alpha value is -2.25. The minimum Gasteiger partial charge on any atom is -0.309 e. The SMILES string of the molecule is C=CCc1cnc(NC(=O)[C@H](CC2CCCC2)c2ccc(S(C)(=O)=O)c(Cl)c2)cn1. The zero-order valence-corrected chi connectivity index (χ0v) is 18.5. The van der Waals surface area contributed by atoms with Crippen LogP contribution in [0.15, 0.2) is 48.1 Å². The second-order valence-corrected chi connectivity index (χ2v) is 10.2. The van der Waals surface area contributed by atoms with E-state index < -0.39 is 15.8 Å². The number of nitrogens with zero attached hydrogens (tertiary/aromatic N) is 2. The largest absolute Gasteiger partial charge is 0.309 e. The molecule has 0 bridgehead atoms. The molecule has 1 N–H and O–H groups in total. The molecular formula is C22H26ClN3O3S. The van der Waals surface area contributed by atoms with Gasteiger partial charge in [-0.1, -0.05) is 49.4 Å². The van der Waals surface area contributed by atoms with Crippen LogP contribution < -0.4 is 5.32 Å². The van der Waals surface area contributed by atoms with Gasteiger partial charge in [0, 0.05) is 12.7 Å². The molecule has 1 aliphatic rings. The van der Waals surface area contributed by atoms with Gasteiger partial charge in [-0.3, -0.25) is 9.78 Å². The van der Waals surface area contributed by atoms with Crippen LogP contribution in [0.4, 0.5) is 5.82 Å². The van der Waals surface area contributed by atoms with E-state index in [1.165, 1.54) is 25.1 Å². The summed E-state index contributed by atoms with van der Waals surface area (Å²) in [5.74, 6) is 0.183. The van der Waals surface area contributed by atoms with Crippen molar-refractivity contribution < 1.29 is 13.2 Å². The van der Waals surface area contributed by atoms with Gasteiger partial charge in [0.05, 0.1) is 33.9 Å². The van der Waals surface area contributed by atoms with E-state index in [2.05, 4.69) is 21.9 Å². The van der Waals surface area contributed by atoms with Crippen molar-refractivity contribution in [2.24, 2.45) is 5.92 Å². The van der Waals surface area contributed by atoms with Gasteiger partial charge < -0.3 is 5.32 Å². The monoisotopic (exact) mass is 447 g/mol. The first-order valence-electron chi connectivity index (χ1n) is 10.00. The zero-order chi connectivity index (χ0) is 21.7. The second-order valence-electron chi connectivity index (χ2n) is 7.78. The lowest BCUT2D eigenvalue weighted by Gasteiger charge is -2.21. The maximum absolute atomic E-state index is 13.1. The van der Waals surface area contributed by atoms with Crippen LogP contribution >= 0.6 is 11.6 Å². The number of nitrogens with one attached hydrogen (secondary N) is 1. The molecule has 1 aromatic heterocycles. The summed E-state index contributed by atoms with van der Waals surface area (Å²) in [7, 11) is -3.43.